The van der Waals surface area contributed by atoms with E-state index in [-0.39, 0.29) is 12.0 Å². The standard InChI is InChI=1S/C39H64N2O13/c1-2-25(43)14-12-10-8-6-4-3-5-7-9-11-13-15-31(44)40-19-18-24-21-41-28-17-16-26(20-27(24)28)52-39-37(50)35(48)33(46)30(54-39)23-51-38-36(49)34(47)32(45)29(22-42)53-38/h16-17,20-21,25,29-30,32-39,41-43,45-50H,2-15,18-19,22-23H2,1H3,(H,40,44)/t25?,29-,30-,32-,33-,34-,35-,36-,37+,38?,39-/m1/s1. The quantitative estimate of drug-likeness (QED) is 0.0685. The molecule has 0 saturated carbocycles. The Morgan fingerprint density at radius 2 is 1.39 bits per heavy atom. The predicted octanol–water partition coefficient (Wildman–Crippen LogP) is 1.67. The summed E-state index contributed by atoms with van der Waals surface area (Å²) in [5.41, 5.74) is 1.77. The number of hydrogen-bond donors (Lipinski definition) is 10. The lowest BCUT2D eigenvalue weighted by atomic mass is 9.98. The van der Waals surface area contributed by atoms with Crippen LogP contribution in [0.15, 0.2) is 24.4 Å². The SMILES string of the molecule is CCC(O)CCCCCCCCCCCCCC(=O)NCCc1c[nH]c2ccc(O[C@@H]3O[C@H](COC4O[C@H](CO)[C@@H](O)[C@@H](O)[C@H]4O)[C@@H](O)[C@@H](O)[C@@H]3O)cc12. The number of benzene rings is 1. The van der Waals surface area contributed by atoms with E-state index >= 15 is 0 Å². The van der Waals surface area contributed by atoms with Crippen LogP contribution in [0.3, 0.4) is 0 Å². The number of rotatable bonds is 24. The van der Waals surface area contributed by atoms with Crippen molar-refractivity contribution in [1.82, 2.24) is 10.3 Å². The Bertz CT molecular complexity index is 1360. The van der Waals surface area contributed by atoms with E-state index in [0.29, 0.717) is 25.1 Å². The number of amides is 1. The second kappa shape index (κ2) is 23.0. The summed E-state index contributed by atoms with van der Waals surface area (Å²) in [5, 5.41) is 84.9. The van der Waals surface area contributed by atoms with E-state index in [9.17, 15) is 45.6 Å². The lowest BCUT2D eigenvalue weighted by Gasteiger charge is -2.42. The van der Waals surface area contributed by atoms with Gasteiger partial charge >= 0.3 is 0 Å². The van der Waals surface area contributed by atoms with Crippen LogP contribution in [0.1, 0.15) is 102 Å². The molecule has 1 aromatic heterocycles. The number of aromatic amines is 1. The van der Waals surface area contributed by atoms with Crippen molar-refractivity contribution < 1.29 is 64.6 Å². The van der Waals surface area contributed by atoms with Crippen molar-refractivity contribution in [2.24, 2.45) is 0 Å². The highest BCUT2D eigenvalue weighted by atomic mass is 16.7. The zero-order valence-electron chi connectivity index (χ0n) is 31.5. The van der Waals surface area contributed by atoms with E-state index < -0.39 is 74.6 Å². The third-order valence-corrected chi connectivity index (χ3v) is 10.6. The van der Waals surface area contributed by atoms with Crippen LogP contribution in [0.4, 0.5) is 0 Å². The fraction of sp³-hybridized carbons (Fsp3) is 0.769. The first-order valence-corrected chi connectivity index (χ1v) is 19.9. The van der Waals surface area contributed by atoms with Gasteiger partial charge in [-0.25, -0.2) is 0 Å². The average molecular weight is 769 g/mol. The molecule has 4 rings (SSSR count). The van der Waals surface area contributed by atoms with Gasteiger partial charge in [-0.05, 0) is 49.4 Å². The maximum Gasteiger partial charge on any atom is 0.229 e. The smallest absolute Gasteiger partial charge is 0.229 e. The fourth-order valence-corrected chi connectivity index (χ4v) is 7.00. The predicted molar refractivity (Wildman–Crippen MR) is 198 cm³/mol. The summed E-state index contributed by atoms with van der Waals surface area (Å²) in [7, 11) is 0. The number of nitrogens with one attached hydrogen (secondary N) is 2. The number of hydrogen-bond acceptors (Lipinski definition) is 13. The second-order valence-electron chi connectivity index (χ2n) is 14.8. The van der Waals surface area contributed by atoms with Crippen molar-refractivity contribution in [3.05, 3.63) is 30.0 Å². The number of aliphatic hydroxyl groups excluding tert-OH is 8. The van der Waals surface area contributed by atoms with Gasteiger partial charge < -0.3 is 70.1 Å². The van der Waals surface area contributed by atoms with Gasteiger partial charge in [-0.2, -0.15) is 0 Å². The Kier molecular flexibility index (Phi) is 18.8. The van der Waals surface area contributed by atoms with Crippen LogP contribution in [0.25, 0.3) is 10.9 Å². The second-order valence-corrected chi connectivity index (χ2v) is 14.8. The highest BCUT2D eigenvalue weighted by Crippen LogP contribution is 2.30. The lowest BCUT2D eigenvalue weighted by Crippen LogP contribution is -2.62. The van der Waals surface area contributed by atoms with E-state index in [1.807, 2.05) is 13.1 Å². The van der Waals surface area contributed by atoms with Crippen molar-refractivity contribution in [1.29, 1.82) is 0 Å². The molecule has 2 aliphatic heterocycles. The number of fused-ring (bicyclic) bond motifs is 1. The number of ether oxygens (including phenoxy) is 4. The zero-order chi connectivity index (χ0) is 39.0. The van der Waals surface area contributed by atoms with E-state index in [0.717, 1.165) is 55.0 Å². The van der Waals surface area contributed by atoms with Crippen molar-refractivity contribution in [2.45, 2.75) is 171 Å². The molecule has 3 heterocycles. The van der Waals surface area contributed by atoms with E-state index in [1.165, 1.54) is 44.9 Å². The molecule has 11 atom stereocenters. The maximum atomic E-state index is 12.5. The Balaban J connectivity index is 1.14. The Morgan fingerprint density at radius 1 is 0.796 bits per heavy atom. The molecular weight excluding hydrogens is 704 g/mol. The van der Waals surface area contributed by atoms with Crippen molar-refractivity contribution in [2.75, 3.05) is 19.8 Å². The molecule has 2 saturated heterocycles. The van der Waals surface area contributed by atoms with E-state index in [4.69, 9.17) is 18.9 Å². The molecule has 2 fully saturated rings. The summed E-state index contributed by atoms with van der Waals surface area (Å²) < 4.78 is 22.5. The van der Waals surface area contributed by atoms with Crippen LogP contribution in [-0.4, -0.2) is 139 Å². The minimum Gasteiger partial charge on any atom is -0.462 e. The van der Waals surface area contributed by atoms with Crippen molar-refractivity contribution >= 4 is 16.8 Å². The number of aromatic nitrogens is 1. The summed E-state index contributed by atoms with van der Waals surface area (Å²) in [6.45, 7) is 1.37. The minimum absolute atomic E-state index is 0.0274. The molecule has 0 aliphatic carbocycles. The van der Waals surface area contributed by atoms with Gasteiger partial charge in [0, 0.05) is 30.1 Å². The summed E-state index contributed by atoms with van der Waals surface area (Å²) in [5.74, 6) is 0.340. The molecule has 15 heteroatoms. The first kappa shape index (κ1) is 44.3. The largest absolute Gasteiger partial charge is 0.462 e. The molecule has 2 unspecified atom stereocenters. The molecule has 308 valence electrons. The fourth-order valence-electron chi connectivity index (χ4n) is 7.00. The first-order chi connectivity index (χ1) is 26.0. The third-order valence-electron chi connectivity index (χ3n) is 10.6. The number of carbonyl (C=O) groups excluding carboxylic acids is 1. The Hall–Kier alpha value is -2.41. The van der Waals surface area contributed by atoms with Crippen LogP contribution < -0.4 is 10.1 Å². The van der Waals surface area contributed by atoms with Crippen LogP contribution in [0, 0.1) is 0 Å². The summed E-state index contributed by atoms with van der Waals surface area (Å²) in [4.78, 5) is 15.7. The number of H-pyrrole nitrogens is 1. The molecule has 0 spiro atoms. The topological polar surface area (TPSA) is 244 Å². The summed E-state index contributed by atoms with van der Waals surface area (Å²) >= 11 is 0. The average Bonchev–Trinajstić information content (AvgIpc) is 3.57. The maximum absolute atomic E-state index is 12.5. The normalized spacial score (nSPS) is 29.4. The van der Waals surface area contributed by atoms with Gasteiger partial charge in [-0.3, -0.25) is 4.79 Å². The van der Waals surface area contributed by atoms with Gasteiger partial charge in [0.1, 0.15) is 54.6 Å². The summed E-state index contributed by atoms with van der Waals surface area (Å²) in [6, 6.07) is 5.19. The van der Waals surface area contributed by atoms with Crippen LogP contribution >= 0.6 is 0 Å². The number of aliphatic hydroxyl groups is 8. The molecule has 54 heavy (non-hydrogen) atoms. The summed E-state index contributed by atoms with van der Waals surface area (Å²) in [6.07, 6.45) is 2.26. The number of unbranched alkanes of at least 4 members (excludes halogenated alkanes) is 10. The van der Waals surface area contributed by atoms with Gasteiger partial charge in [-0.1, -0.05) is 71.1 Å². The molecule has 0 bridgehead atoms. The van der Waals surface area contributed by atoms with Gasteiger partial charge in [0.25, 0.3) is 0 Å². The highest BCUT2D eigenvalue weighted by Gasteiger charge is 2.48. The van der Waals surface area contributed by atoms with Gasteiger partial charge in [0.2, 0.25) is 12.2 Å². The van der Waals surface area contributed by atoms with Gasteiger partial charge in [0.05, 0.1) is 19.3 Å². The molecule has 2 aliphatic rings. The molecular formula is C39H64N2O13. The van der Waals surface area contributed by atoms with E-state index in [1.54, 1.807) is 18.2 Å². The number of carbonyl (C=O) groups is 1. The molecule has 1 amide bonds. The van der Waals surface area contributed by atoms with Crippen LogP contribution in [0.2, 0.25) is 0 Å². The van der Waals surface area contributed by atoms with Crippen LogP contribution in [-0.2, 0) is 25.4 Å². The zero-order valence-corrected chi connectivity index (χ0v) is 31.5. The minimum atomic E-state index is -1.68. The molecule has 2 aromatic rings. The third kappa shape index (κ3) is 13.1. The van der Waals surface area contributed by atoms with E-state index in [2.05, 4.69) is 10.3 Å². The van der Waals surface area contributed by atoms with Crippen molar-refractivity contribution in [3.8, 4) is 5.75 Å². The van der Waals surface area contributed by atoms with Crippen molar-refractivity contribution in [3.63, 3.8) is 0 Å². The monoisotopic (exact) mass is 768 g/mol. The Morgan fingerprint density at radius 3 is 2.04 bits per heavy atom. The molecule has 0 radical (unpaired) electrons. The first-order valence-electron chi connectivity index (χ1n) is 19.9. The Labute approximate surface area is 317 Å². The lowest BCUT2D eigenvalue weighted by molar-refractivity contribution is -0.323. The van der Waals surface area contributed by atoms with Crippen LogP contribution in [0.5, 0.6) is 5.75 Å². The molecule has 10 N–H and O–H groups in total. The molecule has 1 aromatic carbocycles. The highest BCUT2D eigenvalue weighted by molar-refractivity contribution is 5.84. The molecule has 15 nitrogen and oxygen atoms in total. The van der Waals surface area contributed by atoms with Gasteiger partial charge in [0.15, 0.2) is 6.29 Å². The van der Waals surface area contributed by atoms with Gasteiger partial charge in [-0.15, -0.1) is 0 Å².